The molecule has 3 aromatic rings. The van der Waals surface area contributed by atoms with Gasteiger partial charge in [0.2, 0.25) is 0 Å². The first-order chi connectivity index (χ1) is 13.2. The summed E-state index contributed by atoms with van der Waals surface area (Å²) < 4.78 is 11.5. The maximum absolute atomic E-state index is 5.98. The topological polar surface area (TPSA) is 47.0 Å². The molecule has 0 atom stereocenters. The third kappa shape index (κ3) is 3.36. The van der Waals surface area contributed by atoms with Gasteiger partial charge in [-0.25, -0.2) is 0 Å². The van der Waals surface area contributed by atoms with Crippen molar-refractivity contribution in [1.29, 1.82) is 0 Å². The minimum Gasteiger partial charge on any atom is -0.496 e. The van der Waals surface area contributed by atoms with Crippen molar-refractivity contribution in [2.24, 2.45) is 4.99 Å². The van der Waals surface area contributed by atoms with E-state index in [1.54, 1.807) is 13.3 Å². The van der Waals surface area contributed by atoms with Crippen LogP contribution in [0.3, 0.4) is 0 Å². The normalized spacial score (nSPS) is 12.6. The Bertz CT molecular complexity index is 997. The predicted octanol–water partition coefficient (Wildman–Crippen LogP) is 5.03. The Kier molecular flexibility index (Phi) is 4.50. The number of methoxy groups -OCH3 is 1. The van der Waals surface area contributed by atoms with Crippen LogP contribution in [-0.4, -0.2) is 25.0 Å². The lowest BCUT2D eigenvalue weighted by molar-refractivity contribution is 0.414. The van der Waals surface area contributed by atoms with Crippen LogP contribution in [0, 0.1) is 13.8 Å². The van der Waals surface area contributed by atoms with Gasteiger partial charge in [-0.15, -0.1) is 0 Å². The zero-order valence-electron chi connectivity index (χ0n) is 15.6. The highest BCUT2D eigenvalue weighted by molar-refractivity contribution is 5.95. The number of nitrogens with zero attached hydrogens (tertiary/aromatic N) is 3. The van der Waals surface area contributed by atoms with Crippen molar-refractivity contribution in [1.82, 2.24) is 4.98 Å². The highest BCUT2D eigenvalue weighted by Crippen LogP contribution is 2.37. The number of aryl methyl sites for hydroxylation is 2. The molecule has 0 aliphatic carbocycles. The van der Waals surface area contributed by atoms with Gasteiger partial charge in [-0.05, 0) is 61.9 Å². The Balaban J connectivity index is 1.64. The number of rotatable bonds is 4. The molecule has 136 valence electrons. The van der Waals surface area contributed by atoms with Crippen LogP contribution in [0.5, 0.6) is 17.2 Å². The maximum atomic E-state index is 5.98. The van der Waals surface area contributed by atoms with Gasteiger partial charge in [-0.3, -0.25) is 9.98 Å². The molecule has 0 spiro atoms. The van der Waals surface area contributed by atoms with E-state index in [1.807, 2.05) is 56.5 Å². The second kappa shape index (κ2) is 7.11. The van der Waals surface area contributed by atoms with Gasteiger partial charge in [0.15, 0.2) is 0 Å². The van der Waals surface area contributed by atoms with Gasteiger partial charge in [0.1, 0.15) is 23.9 Å². The number of aromatic nitrogens is 1. The van der Waals surface area contributed by atoms with Crippen LogP contribution in [0.4, 0.5) is 11.4 Å². The highest BCUT2D eigenvalue weighted by atomic mass is 16.5. The maximum Gasteiger partial charge on any atom is 0.145 e. The van der Waals surface area contributed by atoms with Crippen LogP contribution >= 0.6 is 0 Å². The summed E-state index contributed by atoms with van der Waals surface area (Å²) in [5, 5.41) is 0. The predicted molar refractivity (Wildman–Crippen MR) is 108 cm³/mol. The van der Waals surface area contributed by atoms with E-state index < -0.39 is 0 Å². The van der Waals surface area contributed by atoms with E-state index in [0.717, 1.165) is 45.4 Å². The van der Waals surface area contributed by atoms with Crippen LogP contribution < -0.4 is 14.4 Å². The van der Waals surface area contributed by atoms with Gasteiger partial charge >= 0.3 is 0 Å². The number of aliphatic imine (C=N–C) groups is 1. The summed E-state index contributed by atoms with van der Waals surface area (Å²) in [7, 11) is 1.68. The van der Waals surface area contributed by atoms with Crippen molar-refractivity contribution < 1.29 is 9.47 Å². The summed E-state index contributed by atoms with van der Waals surface area (Å²) in [5.74, 6) is 2.37. The van der Waals surface area contributed by atoms with E-state index in [0.29, 0.717) is 6.67 Å². The Morgan fingerprint density at radius 2 is 1.89 bits per heavy atom. The summed E-state index contributed by atoms with van der Waals surface area (Å²) in [6.45, 7) is 4.57. The molecule has 1 aliphatic rings. The summed E-state index contributed by atoms with van der Waals surface area (Å²) in [4.78, 5) is 10.9. The van der Waals surface area contributed by atoms with E-state index >= 15 is 0 Å². The molecule has 1 aromatic heterocycles. The van der Waals surface area contributed by atoms with Crippen LogP contribution in [0.1, 0.15) is 16.8 Å². The molecule has 1 aliphatic heterocycles. The third-order valence-corrected chi connectivity index (χ3v) is 4.58. The number of benzene rings is 2. The number of fused-ring (bicyclic) bond motifs is 1. The first-order valence-corrected chi connectivity index (χ1v) is 8.81. The Morgan fingerprint density at radius 3 is 2.63 bits per heavy atom. The molecule has 4 rings (SSSR count). The van der Waals surface area contributed by atoms with Gasteiger partial charge in [-0.2, -0.15) is 0 Å². The second-order valence-corrected chi connectivity index (χ2v) is 6.46. The minimum absolute atomic E-state index is 0.571. The molecule has 0 radical (unpaired) electrons. The first kappa shape index (κ1) is 17.1. The van der Waals surface area contributed by atoms with Gasteiger partial charge in [0.05, 0.1) is 24.6 Å². The van der Waals surface area contributed by atoms with E-state index in [1.165, 1.54) is 0 Å². The van der Waals surface area contributed by atoms with E-state index in [-0.39, 0.29) is 0 Å². The van der Waals surface area contributed by atoms with Crippen LogP contribution in [0.2, 0.25) is 0 Å². The molecule has 2 aromatic carbocycles. The molecule has 5 heteroatoms. The average molecular weight is 359 g/mol. The van der Waals surface area contributed by atoms with Gasteiger partial charge < -0.3 is 14.4 Å². The van der Waals surface area contributed by atoms with Crippen molar-refractivity contribution in [3.63, 3.8) is 0 Å². The fourth-order valence-electron chi connectivity index (χ4n) is 3.14. The van der Waals surface area contributed by atoms with Crippen molar-refractivity contribution in [3.05, 3.63) is 71.5 Å². The van der Waals surface area contributed by atoms with Crippen molar-refractivity contribution in [2.75, 3.05) is 18.7 Å². The molecule has 0 unspecified atom stereocenters. The van der Waals surface area contributed by atoms with E-state index in [2.05, 4.69) is 27.0 Å². The Labute approximate surface area is 158 Å². The zero-order chi connectivity index (χ0) is 18.8. The SMILES string of the molecule is COc1cccc2c1C=NCN2c1ccc(Oc2ccc(C)nc2)c(C)c1. The summed E-state index contributed by atoms with van der Waals surface area (Å²) in [5.41, 5.74) is 5.16. The number of anilines is 2. The summed E-state index contributed by atoms with van der Waals surface area (Å²) >= 11 is 0. The quantitative estimate of drug-likeness (QED) is 0.656. The average Bonchev–Trinajstić information content (AvgIpc) is 2.70. The molecule has 0 amide bonds. The number of hydrogen-bond acceptors (Lipinski definition) is 5. The largest absolute Gasteiger partial charge is 0.496 e. The lowest BCUT2D eigenvalue weighted by atomic mass is 10.1. The Morgan fingerprint density at radius 1 is 1.00 bits per heavy atom. The third-order valence-electron chi connectivity index (χ3n) is 4.58. The first-order valence-electron chi connectivity index (χ1n) is 8.81. The minimum atomic E-state index is 0.571. The standard InChI is InChI=1S/C22H21N3O2/c1-15-11-17(8-10-21(15)27-18-9-7-16(2)24-12-18)25-14-23-13-19-20(25)5-4-6-22(19)26-3/h4-13H,14H2,1-3H3. The Hall–Kier alpha value is -3.34. The second-order valence-electron chi connectivity index (χ2n) is 6.46. The van der Waals surface area contributed by atoms with Crippen LogP contribution in [-0.2, 0) is 0 Å². The molecule has 5 nitrogen and oxygen atoms in total. The van der Waals surface area contributed by atoms with Crippen LogP contribution in [0.15, 0.2) is 59.7 Å². The van der Waals surface area contributed by atoms with Gasteiger partial charge in [0, 0.05) is 17.6 Å². The van der Waals surface area contributed by atoms with Gasteiger partial charge in [-0.1, -0.05) is 6.07 Å². The molecule has 0 saturated carbocycles. The smallest absolute Gasteiger partial charge is 0.145 e. The number of pyridine rings is 1. The molecule has 27 heavy (non-hydrogen) atoms. The van der Waals surface area contributed by atoms with E-state index in [9.17, 15) is 0 Å². The molecular formula is C22H21N3O2. The summed E-state index contributed by atoms with van der Waals surface area (Å²) in [6, 6.07) is 16.1. The van der Waals surface area contributed by atoms with Gasteiger partial charge in [0.25, 0.3) is 0 Å². The van der Waals surface area contributed by atoms with Crippen LogP contribution in [0.25, 0.3) is 0 Å². The van der Waals surface area contributed by atoms with Crippen molar-refractivity contribution >= 4 is 17.6 Å². The molecule has 2 heterocycles. The zero-order valence-corrected chi connectivity index (χ0v) is 15.6. The number of hydrogen-bond donors (Lipinski definition) is 0. The lowest BCUT2D eigenvalue weighted by Gasteiger charge is -2.28. The highest BCUT2D eigenvalue weighted by Gasteiger charge is 2.19. The monoisotopic (exact) mass is 359 g/mol. The fourth-order valence-corrected chi connectivity index (χ4v) is 3.14. The molecular weight excluding hydrogens is 338 g/mol. The van der Waals surface area contributed by atoms with Crippen molar-refractivity contribution in [3.8, 4) is 17.2 Å². The molecule has 0 bridgehead atoms. The molecule has 0 N–H and O–H groups in total. The van der Waals surface area contributed by atoms with Crippen molar-refractivity contribution in [2.45, 2.75) is 13.8 Å². The fraction of sp³-hybridized carbons (Fsp3) is 0.182. The summed E-state index contributed by atoms with van der Waals surface area (Å²) in [6.07, 6.45) is 3.62. The molecule has 0 fully saturated rings. The molecule has 0 saturated heterocycles. The van der Waals surface area contributed by atoms with E-state index in [4.69, 9.17) is 9.47 Å². The number of ether oxygens (including phenoxy) is 2. The lowest BCUT2D eigenvalue weighted by Crippen LogP contribution is -2.22.